The predicted octanol–water partition coefficient (Wildman–Crippen LogP) is 4.93. The monoisotopic (exact) mass is 1110 g/mol. The van der Waals surface area contributed by atoms with Crippen LogP contribution in [0, 0.1) is 23.7 Å². The molecule has 16 aliphatic rings. The highest BCUT2D eigenvalue weighted by Crippen LogP contribution is 2.58. The van der Waals surface area contributed by atoms with Gasteiger partial charge in [0.1, 0.15) is 36.6 Å². The van der Waals surface area contributed by atoms with Crippen molar-refractivity contribution in [2.24, 2.45) is 23.7 Å². The van der Waals surface area contributed by atoms with Crippen LogP contribution < -0.4 is 0 Å². The second-order valence-corrected chi connectivity index (χ2v) is 27.5. The van der Waals surface area contributed by atoms with Crippen LogP contribution >= 0.6 is 0 Å². The lowest BCUT2D eigenvalue weighted by atomic mass is 9.79. The van der Waals surface area contributed by atoms with Crippen molar-refractivity contribution >= 4 is 5.97 Å². The van der Waals surface area contributed by atoms with E-state index in [1.165, 1.54) is 0 Å². The van der Waals surface area contributed by atoms with Gasteiger partial charge in [0.05, 0.1) is 129 Å². The fourth-order valence-electron chi connectivity index (χ4n) is 18.2. The first-order chi connectivity index (χ1) is 38.0. The van der Waals surface area contributed by atoms with Crippen LogP contribution in [0.2, 0.25) is 0 Å². The van der Waals surface area contributed by atoms with Crippen LogP contribution in [0.1, 0.15) is 143 Å². The number of fused-ring (bicyclic) bond motifs is 10. The van der Waals surface area contributed by atoms with E-state index < -0.39 is 72.8 Å². The molecule has 16 rings (SSSR count). The fraction of sp³-hybridized carbons (Fsp3) is 0.917. The van der Waals surface area contributed by atoms with Gasteiger partial charge in [-0.2, -0.15) is 0 Å². The minimum atomic E-state index is -1.02. The Kier molecular flexibility index (Phi) is 13.8. The highest BCUT2D eigenvalue weighted by molar-refractivity contribution is 5.70. The maximum Gasteiger partial charge on any atom is 0.308 e. The van der Waals surface area contributed by atoms with Crippen molar-refractivity contribution in [2.75, 3.05) is 6.61 Å². The summed E-state index contributed by atoms with van der Waals surface area (Å²) in [6.45, 7) is 17.4. The highest BCUT2D eigenvalue weighted by atomic mass is 16.8. The van der Waals surface area contributed by atoms with E-state index >= 15 is 0 Å². The van der Waals surface area contributed by atoms with Crippen molar-refractivity contribution in [3.63, 3.8) is 0 Å². The quantitative estimate of drug-likeness (QED) is 0.251. The number of esters is 1. The van der Waals surface area contributed by atoms with E-state index in [0.29, 0.717) is 64.2 Å². The Morgan fingerprint density at radius 2 is 1.18 bits per heavy atom. The van der Waals surface area contributed by atoms with Crippen molar-refractivity contribution in [1.29, 1.82) is 0 Å². The smallest absolute Gasteiger partial charge is 0.308 e. The Hall–Kier alpha value is -1.73. The molecule has 440 valence electrons. The molecule has 16 fully saturated rings. The molecule has 0 aromatic carbocycles. The number of carbonyl (C=O) groups is 1. The van der Waals surface area contributed by atoms with Crippen LogP contribution in [-0.2, 0) is 75.8 Å². The molecule has 16 aliphatic heterocycles. The molecule has 19 nitrogen and oxygen atoms in total. The Balaban J connectivity index is 0.655. The van der Waals surface area contributed by atoms with E-state index in [0.717, 1.165) is 49.7 Å². The van der Waals surface area contributed by atoms with Crippen LogP contribution in [0.15, 0.2) is 24.3 Å². The standard InChI is InChI=1S/C60H86O19/c1-26-13-33-7-9-37-27(2)14-35(65-37)11-12-58-23-46-54(78-58)55-56(72-46)57(79-58)53-38(69-55)10-8-34(67-53)16-48(64)73-52-31(6)51-43(68-42(52)17-39(66-33)30(26)5)19-41-45(71-51)22-60(74-41)24-47-50(77-60)29(4)21-59(76-47)20-28(3)49-44(75-59)18-40(70-49)36(63)15-32(62)25-61/h26,28-29,31-47,49-57,61-63H,2,5,7-25H2,1,3-4,6H3/t26-,28+,29+,31+,32-,33+,34-,35+,36+,37+,38+,39-,40+,41-,42+,43+,44+,45-,46-,47+,49+,50+,51+,52-,53+,54?,55?,56-,57+,58+,59-,60+/m1/s1. The number of hydrogen-bond donors (Lipinski definition) is 3. The summed E-state index contributed by atoms with van der Waals surface area (Å²) in [4.78, 5) is 14.6. The lowest BCUT2D eigenvalue weighted by molar-refractivity contribution is -0.347. The van der Waals surface area contributed by atoms with Gasteiger partial charge in [-0.05, 0) is 73.8 Å². The summed E-state index contributed by atoms with van der Waals surface area (Å²) in [5.74, 6) is -2.77. The van der Waals surface area contributed by atoms with Crippen molar-refractivity contribution in [3.8, 4) is 0 Å². The van der Waals surface area contributed by atoms with E-state index in [2.05, 4.69) is 40.9 Å². The lowest BCUT2D eigenvalue weighted by Crippen LogP contribution is -2.62. The summed E-state index contributed by atoms with van der Waals surface area (Å²) in [5.41, 5.74) is 2.15. The molecule has 0 radical (unpaired) electrons. The first-order valence-electron chi connectivity index (χ1n) is 30.8. The van der Waals surface area contributed by atoms with Crippen molar-refractivity contribution in [3.05, 3.63) is 24.3 Å². The third kappa shape index (κ3) is 9.43. The van der Waals surface area contributed by atoms with E-state index in [1.54, 1.807) is 0 Å². The molecule has 79 heavy (non-hydrogen) atoms. The maximum absolute atomic E-state index is 14.6. The first-order valence-corrected chi connectivity index (χ1v) is 30.8. The summed E-state index contributed by atoms with van der Waals surface area (Å²) >= 11 is 0. The molecule has 0 amide bonds. The average molecular weight is 1110 g/mol. The molecule has 3 N–H and O–H groups in total. The number of ether oxygens (including phenoxy) is 15. The predicted molar refractivity (Wildman–Crippen MR) is 274 cm³/mol. The summed E-state index contributed by atoms with van der Waals surface area (Å²) in [6, 6.07) is 0. The Bertz CT molecular complexity index is 2340. The number of hydrogen-bond acceptors (Lipinski definition) is 19. The van der Waals surface area contributed by atoms with Crippen LogP contribution in [0.5, 0.6) is 0 Å². The second kappa shape index (κ2) is 20.2. The molecule has 0 aromatic rings. The van der Waals surface area contributed by atoms with Crippen LogP contribution in [0.3, 0.4) is 0 Å². The van der Waals surface area contributed by atoms with Gasteiger partial charge in [0.2, 0.25) is 0 Å². The van der Waals surface area contributed by atoms with Crippen LogP contribution in [-0.4, -0.2) is 198 Å². The molecule has 0 saturated carbocycles. The molecular formula is C60H86O19. The molecule has 16 saturated heterocycles. The number of carbonyl (C=O) groups excluding carboxylic acids is 1. The molecule has 32 atom stereocenters. The van der Waals surface area contributed by atoms with Gasteiger partial charge < -0.3 is 86.4 Å². The molecule has 0 aromatic heterocycles. The van der Waals surface area contributed by atoms with Crippen LogP contribution in [0.25, 0.3) is 0 Å². The largest absolute Gasteiger partial charge is 0.459 e. The zero-order chi connectivity index (χ0) is 54.0. The second-order valence-electron chi connectivity index (χ2n) is 27.5. The van der Waals surface area contributed by atoms with Gasteiger partial charge >= 0.3 is 5.97 Å². The van der Waals surface area contributed by atoms with Crippen molar-refractivity contribution < 1.29 is 91.2 Å². The van der Waals surface area contributed by atoms with Gasteiger partial charge in [-0.3, -0.25) is 4.79 Å². The molecule has 0 aliphatic carbocycles. The zero-order valence-corrected chi connectivity index (χ0v) is 46.5. The zero-order valence-electron chi connectivity index (χ0n) is 46.5. The average Bonchev–Trinajstić information content (AvgIpc) is 4.46. The van der Waals surface area contributed by atoms with Gasteiger partial charge in [-0.15, -0.1) is 0 Å². The molecule has 12 bridgehead atoms. The van der Waals surface area contributed by atoms with Gasteiger partial charge in [0.25, 0.3) is 0 Å². The fourth-order valence-corrected chi connectivity index (χ4v) is 18.2. The summed E-state index contributed by atoms with van der Waals surface area (Å²) in [6.07, 6.45) is 2.17. The molecule has 3 spiro atoms. The molecule has 16 heterocycles. The Morgan fingerprint density at radius 3 is 2.03 bits per heavy atom. The summed E-state index contributed by atoms with van der Waals surface area (Å²) in [7, 11) is 0. The van der Waals surface area contributed by atoms with Gasteiger partial charge in [-0.25, -0.2) is 0 Å². The van der Waals surface area contributed by atoms with Crippen LogP contribution in [0.4, 0.5) is 0 Å². The van der Waals surface area contributed by atoms with Crippen molar-refractivity contribution in [2.45, 2.75) is 313 Å². The first kappa shape index (κ1) is 54.0. The SMILES string of the molecule is C=C1C[C@@H]2CC[C@@]34C[C@H]5O[C@@H]6C(O[C@H]7CC[C@H](CC(=O)O[C@@H]8[C@@H](C)[C@@H]9O[C@@H]%10C[C@]%11(C[C@@H]%12O[C@]%13(C[C@H](C)[C@@H]%14O[C@H]([C@@H](O)C[C@@H](O)CO)C[C@@H]%14O%13)C[C@H](C)[C@@H]%12O%11)O[C@@H]%10C[C@@H]9O[C@H]8C[C@H]8O[C@@H](CC[C@@H]1O2)C[C@@H](C)C8=C)O[C@@H]7[C@@H]6O3)C5O4. The van der Waals surface area contributed by atoms with Gasteiger partial charge in [0, 0.05) is 70.1 Å². The van der Waals surface area contributed by atoms with Gasteiger partial charge in [0.15, 0.2) is 17.4 Å². The Labute approximate surface area is 463 Å². The molecule has 2 unspecified atom stereocenters. The summed E-state index contributed by atoms with van der Waals surface area (Å²) < 4.78 is 104. The van der Waals surface area contributed by atoms with E-state index in [1.807, 2.05) is 0 Å². The molecular weight excluding hydrogens is 1020 g/mol. The third-order valence-corrected chi connectivity index (χ3v) is 21.9. The Morgan fingerprint density at radius 1 is 0.506 bits per heavy atom. The minimum Gasteiger partial charge on any atom is -0.459 e. The topological polar surface area (TPSA) is 216 Å². The van der Waals surface area contributed by atoms with E-state index in [-0.39, 0.29) is 146 Å². The van der Waals surface area contributed by atoms with Crippen molar-refractivity contribution in [1.82, 2.24) is 0 Å². The number of aliphatic hydroxyl groups is 3. The van der Waals surface area contributed by atoms with E-state index in [9.17, 15) is 20.1 Å². The maximum atomic E-state index is 14.6. The minimum absolute atomic E-state index is 0.0143. The number of rotatable bonds is 4. The lowest BCUT2D eigenvalue weighted by Gasteiger charge is -2.50. The van der Waals surface area contributed by atoms with Gasteiger partial charge in [-0.1, -0.05) is 40.9 Å². The molecule has 19 heteroatoms. The third-order valence-electron chi connectivity index (χ3n) is 21.9. The highest BCUT2D eigenvalue weighted by Gasteiger charge is 2.70. The number of aliphatic hydroxyl groups excluding tert-OH is 3. The summed E-state index contributed by atoms with van der Waals surface area (Å²) in [5, 5.41) is 30.3. The van der Waals surface area contributed by atoms with E-state index in [4.69, 9.17) is 71.1 Å². The normalized spacial score (nSPS) is 57.2.